The van der Waals surface area contributed by atoms with Gasteiger partial charge in [-0.25, -0.2) is 8.42 Å². The van der Waals surface area contributed by atoms with E-state index in [1.54, 1.807) is 31.2 Å². The van der Waals surface area contributed by atoms with E-state index in [4.69, 9.17) is 23.2 Å². The van der Waals surface area contributed by atoms with E-state index in [0.29, 0.717) is 23.0 Å². The van der Waals surface area contributed by atoms with E-state index in [1.807, 2.05) is 0 Å². The second kappa shape index (κ2) is 7.47. The molecule has 138 valence electrons. The summed E-state index contributed by atoms with van der Waals surface area (Å²) in [6, 6.07) is 9.26. The van der Waals surface area contributed by atoms with Crippen LogP contribution in [0.1, 0.15) is 28.8 Å². The van der Waals surface area contributed by atoms with Crippen LogP contribution in [-0.2, 0) is 10.0 Å². The van der Waals surface area contributed by atoms with Gasteiger partial charge in [0, 0.05) is 11.6 Å². The van der Waals surface area contributed by atoms with Crippen molar-refractivity contribution in [1.82, 2.24) is 5.32 Å². The quantitative estimate of drug-likeness (QED) is 0.744. The zero-order valence-electron chi connectivity index (χ0n) is 14.1. The van der Waals surface area contributed by atoms with Crippen molar-refractivity contribution in [2.24, 2.45) is 5.92 Å². The van der Waals surface area contributed by atoms with Crippen LogP contribution in [0.2, 0.25) is 10.0 Å². The van der Waals surface area contributed by atoms with E-state index in [-0.39, 0.29) is 27.1 Å². The first-order valence-electron chi connectivity index (χ1n) is 8.13. The summed E-state index contributed by atoms with van der Waals surface area (Å²) in [4.78, 5) is 12.3. The number of rotatable bonds is 6. The highest BCUT2D eigenvalue weighted by molar-refractivity contribution is 7.92. The van der Waals surface area contributed by atoms with Gasteiger partial charge in [0.15, 0.2) is 0 Å². The van der Waals surface area contributed by atoms with Crippen molar-refractivity contribution >= 4 is 44.8 Å². The lowest BCUT2D eigenvalue weighted by atomic mass is 10.1. The van der Waals surface area contributed by atoms with Gasteiger partial charge in [-0.3, -0.25) is 9.52 Å². The Balaban J connectivity index is 1.88. The average Bonchev–Trinajstić information content (AvgIpc) is 3.40. The lowest BCUT2D eigenvalue weighted by Gasteiger charge is -2.14. The molecule has 0 heterocycles. The molecule has 2 N–H and O–H groups in total. The molecule has 2 aromatic carbocycles. The molecular weight excluding hydrogens is 395 g/mol. The first-order valence-corrected chi connectivity index (χ1v) is 10.4. The third-order valence-electron chi connectivity index (χ3n) is 4.17. The molecule has 0 aromatic heterocycles. The molecule has 8 heteroatoms. The second-order valence-corrected chi connectivity index (χ2v) is 8.80. The van der Waals surface area contributed by atoms with Crippen molar-refractivity contribution in [1.29, 1.82) is 0 Å². The Morgan fingerprint density at radius 1 is 1.15 bits per heavy atom. The molecule has 1 amide bonds. The van der Waals surface area contributed by atoms with E-state index >= 15 is 0 Å². The fourth-order valence-electron chi connectivity index (χ4n) is 2.46. The summed E-state index contributed by atoms with van der Waals surface area (Å²) in [6.45, 7) is 2.29. The molecule has 2 aromatic rings. The number of nitrogens with one attached hydrogen (secondary N) is 2. The summed E-state index contributed by atoms with van der Waals surface area (Å²) >= 11 is 12.0. The van der Waals surface area contributed by atoms with Crippen molar-refractivity contribution in [3.63, 3.8) is 0 Å². The maximum atomic E-state index is 12.8. The fraction of sp³-hybridized carbons (Fsp3) is 0.278. The summed E-state index contributed by atoms with van der Waals surface area (Å²) in [6.07, 6.45) is 2.23. The Labute approximate surface area is 162 Å². The van der Waals surface area contributed by atoms with Crippen LogP contribution in [0.3, 0.4) is 0 Å². The highest BCUT2D eigenvalue weighted by Crippen LogP contribution is 2.30. The Bertz CT molecular complexity index is 957. The molecule has 0 radical (unpaired) electrons. The van der Waals surface area contributed by atoms with E-state index in [9.17, 15) is 13.2 Å². The zero-order valence-corrected chi connectivity index (χ0v) is 16.4. The number of para-hydroxylation sites is 1. The monoisotopic (exact) mass is 412 g/mol. The van der Waals surface area contributed by atoms with Crippen LogP contribution < -0.4 is 10.0 Å². The number of hydrogen-bond donors (Lipinski definition) is 2. The predicted molar refractivity (Wildman–Crippen MR) is 104 cm³/mol. The third-order valence-corrected chi connectivity index (χ3v) is 6.40. The topological polar surface area (TPSA) is 75.3 Å². The van der Waals surface area contributed by atoms with Gasteiger partial charge in [-0.15, -0.1) is 0 Å². The van der Waals surface area contributed by atoms with Gasteiger partial charge in [-0.1, -0.05) is 35.3 Å². The number of aryl methyl sites for hydroxylation is 1. The minimum absolute atomic E-state index is 0.0174. The van der Waals surface area contributed by atoms with Crippen LogP contribution in [0.15, 0.2) is 41.3 Å². The number of hydrogen-bond acceptors (Lipinski definition) is 3. The van der Waals surface area contributed by atoms with E-state index in [2.05, 4.69) is 10.0 Å². The van der Waals surface area contributed by atoms with E-state index in [1.165, 1.54) is 12.1 Å². The summed E-state index contributed by atoms with van der Waals surface area (Å²) in [7, 11) is -3.98. The molecule has 1 aliphatic carbocycles. The predicted octanol–water partition coefficient (Wildman–Crippen LogP) is 4.24. The molecule has 0 saturated heterocycles. The minimum Gasteiger partial charge on any atom is -0.352 e. The molecule has 3 rings (SSSR count). The number of halogens is 2. The van der Waals surface area contributed by atoms with Crippen molar-refractivity contribution in [3.05, 3.63) is 57.6 Å². The fourth-order valence-corrected chi connectivity index (χ4v) is 4.37. The lowest BCUT2D eigenvalue weighted by Crippen LogP contribution is -2.27. The Kier molecular flexibility index (Phi) is 5.46. The van der Waals surface area contributed by atoms with Crippen LogP contribution in [-0.4, -0.2) is 20.9 Å². The van der Waals surface area contributed by atoms with Gasteiger partial charge in [0.2, 0.25) is 0 Å². The molecule has 26 heavy (non-hydrogen) atoms. The van der Waals surface area contributed by atoms with Crippen LogP contribution in [0, 0.1) is 12.8 Å². The van der Waals surface area contributed by atoms with Gasteiger partial charge in [0.05, 0.1) is 16.3 Å². The first-order chi connectivity index (χ1) is 12.3. The van der Waals surface area contributed by atoms with E-state index < -0.39 is 10.0 Å². The molecule has 0 unspecified atom stereocenters. The molecular formula is C18H18Cl2N2O3S. The van der Waals surface area contributed by atoms with E-state index in [0.717, 1.165) is 12.8 Å². The molecule has 1 aliphatic rings. The lowest BCUT2D eigenvalue weighted by molar-refractivity contribution is 0.0952. The number of anilines is 1. The molecule has 1 saturated carbocycles. The number of sulfonamides is 1. The SMILES string of the molecule is Cc1cc(S(=O)(=O)Nc2ccccc2C(=O)NCC2CC2)c(Cl)cc1Cl. The average molecular weight is 413 g/mol. The van der Waals surface area contributed by atoms with Gasteiger partial charge < -0.3 is 5.32 Å². The third kappa shape index (κ3) is 4.31. The van der Waals surface area contributed by atoms with Gasteiger partial charge in [0.1, 0.15) is 4.90 Å². The molecule has 0 atom stereocenters. The van der Waals surface area contributed by atoms with Gasteiger partial charge in [-0.05, 0) is 55.5 Å². The van der Waals surface area contributed by atoms with Gasteiger partial charge >= 0.3 is 0 Å². The minimum atomic E-state index is -3.98. The summed E-state index contributed by atoms with van der Waals surface area (Å²) < 4.78 is 28.0. The Hall–Kier alpha value is -1.76. The molecule has 0 spiro atoms. The van der Waals surface area contributed by atoms with Gasteiger partial charge in [-0.2, -0.15) is 0 Å². The molecule has 0 bridgehead atoms. The van der Waals surface area contributed by atoms with Crippen molar-refractivity contribution in [2.75, 3.05) is 11.3 Å². The summed E-state index contributed by atoms with van der Waals surface area (Å²) in [5.41, 5.74) is 1.05. The standard InChI is InChI=1S/C18H18Cl2N2O3S/c1-11-8-17(15(20)9-14(11)19)26(24,25)22-16-5-3-2-4-13(16)18(23)21-10-12-6-7-12/h2-5,8-9,12,22H,6-7,10H2,1H3,(H,21,23). The van der Waals surface area contributed by atoms with Crippen LogP contribution in [0.25, 0.3) is 0 Å². The summed E-state index contributed by atoms with van der Waals surface area (Å²) in [5.74, 6) is 0.215. The normalized spacial score (nSPS) is 14.1. The smallest absolute Gasteiger partial charge is 0.263 e. The summed E-state index contributed by atoms with van der Waals surface area (Å²) in [5, 5.41) is 3.24. The Morgan fingerprint density at radius 3 is 2.54 bits per heavy atom. The van der Waals surface area contributed by atoms with Crippen LogP contribution in [0.4, 0.5) is 5.69 Å². The maximum absolute atomic E-state index is 12.8. The first kappa shape index (κ1) is 19.0. The number of carbonyl (C=O) groups is 1. The number of carbonyl (C=O) groups excluding carboxylic acids is 1. The van der Waals surface area contributed by atoms with Crippen LogP contribution in [0.5, 0.6) is 0 Å². The Morgan fingerprint density at radius 2 is 1.85 bits per heavy atom. The number of amides is 1. The molecule has 5 nitrogen and oxygen atoms in total. The van der Waals surface area contributed by atoms with Crippen LogP contribution >= 0.6 is 23.2 Å². The van der Waals surface area contributed by atoms with Gasteiger partial charge in [0.25, 0.3) is 15.9 Å². The second-order valence-electron chi connectivity index (χ2n) is 6.34. The molecule has 1 fully saturated rings. The van der Waals surface area contributed by atoms with Crippen molar-refractivity contribution < 1.29 is 13.2 Å². The zero-order chi connectivity index (χ0) is 18.9. The maximum Gasteiger partial charge on any atom is 0.263 e. The highest BCUT2D eigenvalue weighted by Gasteiger charge is 2.24. The number of benzene rings is 2. The molecule has 0 aliphatic heterocycles. The largest absolute Gasteiger partial charge is 0.352 e. The highest BCUT2D eigenvalue weighted by atomic mass is 35.5. The van der Waals surface area contributed by atoms with Crippen molar-refractivity contribution in [2.45, 2.75) is 24.7 Å². The van der Waals surface area contributed by atoms with Crippen molar-refractivity contribution in [3.8, 4) is 0 Å².